The summed E-state index contributed by atoms with van der Waals surface area (Å²) in [5.74, 6) is 7.80. The molecule has 0 amide bonds. The number of fused-ring (bicyclic) bond motifs is 4. The van der Waals surface area contributed by atoms with Gasteiger partial charge >= 0.3 is 0 Å². The molecule has 0 aromatic heterocycles. The van der Waals surface area contributed by atoms with Gasteiger partial charge < -0.3 is 5.11 Å². The molecule has 2 nitrogen and oxygen atoms in total. The number of rotatable bonds is 1. The zero-order valence-corrected chi connectivity index (χ0v) is 18.4. The molecule has 5 rings (SSSR count). The van der Waals surface area contributed by atoms with Crippen LogP contribution < -0.4 is 0 Å². The number of carbonyl (C=O) groups excluding carboxylic acids is 1. The monoisotopic (exact) mass is 400 g/mol. The van der Waals surface area contributed by atoms with E-state index in [1.54, 1.807) is 5.57 Å². The highest BCUT2D eigenvalue weighted by Gasteiger charge is 2.62. The van der Waals surface area contributed by atoms with Crippen molar-refractivity contribution in [3.63, 3.8) is 0 Å². The second-order valence-corrected chi connectivity index (χ2v) is 10.2. The Labute approximate surface area is 180 Å². The Balaban J connectivity index is 1.69. The van der Waals surface area contributed by atoms with E-state index in [-0.39, 0.29) is 11.2 Å². The first-order valence-electron chi connectivity index (χ1n) is 11.6. The van der Waals surface area contributed by atoms with Gasteiger partial charge in [0.15, 0.2) is 5.78 Å². The second-order valence-electron chi connectivity index (χ2n) is 10.2. The fourth-order valence-electron chi connectivity index (χ4n) is 7.18. The van der Waals surface area contributed by atoms with Crippen LogP contribution in [-0.4, -0.2) is 16.5 Å². The highest BCUT2D eigenvalue weighted by molar-refractivity contribution is 5.93. The molecule has 4 aliphatic rings. The van der Waals surface area contributed by atoms with Crippen molar-refractivity contribution in [1.82, 2.24) is 0 Å². The van der Waals surface area contributed by atoms with Gasteiger partial charge in [-0.3, -0.25) is 4.79 Å². The van der Waals surface area contributed by atoms with Gasteiger partial charge in [0.2, 0.25) is 0 Å². The van der Waals surface area contributed by atoms with Gasteiger partial charge in [-0.1, -0.05) is 48.2 Å². The van der Waals surface area contributed by atoms with Crippen LogP contribution in [0.5, 0.6) is 0 Å². The summed E-state index contributed by atoms with van der Waals surface area (Å²) in [4.78, 5) is 12.1. The number of allylic oxidation sites excluding steroid dienone is 4. The molecule has 1 aromatic rings. The zero-order valence-electron chi connectivity index (χ0n) is 18.4. The minimum atomic E-state index is -0.899. The fourth-order valence-corrected chi connectivity index (χ4v) is 7.18. The summed E-state index contributed by atoms with van der Waals surface area (Å²) in [6.07, 6.45) is 8.30. The van der Waals surface area contributed by atoms with Crippen LogP contribution in [0.2, 0.25) is 0 Å². The molecule has 0 spiro atoms. The Morgan fingerprint density at radius 3 is 2.60 bits per heavy atom. The molecule has 2 saturated carbocycles. The maximum absolute atomic E-state index is 12.1. The molecule has 1 aromatic carbocycles. The molecule has 5 atom stereocenters. The van der Waals surface area contributed by atoms with Crippen molar-refractivity contribution in [3.8, 4) is 11.8 Å². The second kappa shape index (κ2) is 6.96. The quantitative estimate of drug-likeness (QED) is 0.619. The van der Waals surface area contributed by atoms with Crippen LogP contribution in [0.3, 0.4) is 0 Å². The van der Waals surface area contributed by atoms with E-state index in [9.17, 15) is 9.90 Å². The van der Waals surface area contributed by atoms with E-state index >= 15 is 0 Å². The first kappa shape index (κ1) is 19.8. The van der Waals surface area contributed by atoms with Crippen LogP contribution in [0.1, 0.15) is 75.8 Å². The van der Waals surface area contributed by atoms with E-state index in [2.05, 4.69) is 50.0 Å². The standard InChI is InChI=1S/C28H32O2/c1-4-14-28(30)15-13-25-23-11-9-20-16-21(29)10-12-22(20)26(23)24(17-27(25,28)3)19-7-5-18(2)6-8-19/h5-8,16,23-25,30H,9-13,15,17H2,1-3H3/t23?,24-,25?,27+,28+/m1/s1. The van der Waals surface area contributed by atoms with Crippen LogP contribution in [0, 0.1) is 36.0 Å². The topological polar surface area (TPSA) is 37.3 Å². The Hall–Kier alpha value is -2.11. The molecule has 4 aliphatic carbocycles. The van der Waals surface area contributed by atoms with Crippen molar-refractivity contribution in [3.05, 3.63) is 58.2 Å². The molecule has 0 heterocycles. The number of aryl methyl sites for hydroxylation is 1. The van der Waals surface area contributed by atoms with E-state index in [1.165, 1.54) is 22.3 Å². The average molecular weight is 401 g/mol. The first-order chi connectivity index (χ1) is 14.4. The molecular weight excluding hydrogens is 368 g/mol. The van der Waals surface area contributed by atoms with Gasteiger partial charge in [0.05, 0.1) is 0 Å². The molecule has 0 radical (unpaired) electrons. The molecule has 30 heavy (non-hydrogen) atoms. The maximum Gasteiger partial charge on any atom is 0.156 e. The van der Waals surface area contributed by atoms with E-state index in [0.29, 0.717) is 24.2 Å². The Morgan fingerprint density at radius 2 is 1.87 bits per heavy atom. The lowest BCUT2D eigenvalue weighted by atomic mass is 9.51. The fraction of sp³-hybridized carbons (Fsp3) is 0.536. The van der Waals surface area contributed by atoms with E-state index < -0.39 is 5.60 Å². The molecular formula is C28H32O2. The zero-order chi connectivity index (χ0) is 21.1. The van der Waals surface area contributed by atoms with Crippen molar-refractivity contribution in [1.29, 1.82) is 0 Å². The largest absolute Gasteiger partial charge is 0.377 e. The average Bonchev–Trinajstić information content (AvgIpc) is 2.98. The molecule has 2 heteroatoms. The number of aliphatic hydroxyl groups is 1. The predicted octanol–water partition coefficient (Wildman–Crippen LogP) is 5.65. The Bertz CT molecular complexity index is 1010. The van der Waals surface area contributed by atoms with Crippen molar-refractivity contribution in [2.45, 2.75) is 77.2 Å². The Kier molecular flexibility index (Phi) is 4.60. The van der Waals surface area contributed by atoms with Gasteiger partial charge in [0, 0.05) is 17.8 Å². The van der Waals surface area contributed by atoms with Crippen LogP contribution in [-0.2, 0) is 4.79 Å². The number of hydrogen-bond donors (Lipinski definition) is 1. The minimum Gasteiger partial charge on any atom is -0.377 e. The van der Waals surface area contributed by atoms with Crippen molar-refractivity contribution in [2.24, 2.45) is 17.3 Å². The number of carbonyl (C=O) groups is 1. The van der Waals surface area contributed by atoms with Crippen LogP contribution in [0.25, 0.3) is 0 Å². The molecule has 0 bridgehead atoms. The summed E-state index contributed by atoms with van der Waals surface area (Å²) in [6.45, 7) is 6.28. The van der Waals surface area contributed by atoms with Gasteiger partial charge in [-0.05, 0) is 87.0 Å². The molecule has 2 fully saturated rings. The number of benzene rings is 1. The third-order valence-corrected chi connectivity index (χ3v) is 8.70. The normalized spacial score (nSPS) is 37.5. The number of ketones is 1. The summed E-state index contributed by atoms with van der Waals surface area (Å²) in [7, 11) is 0. The minimum absolute atomic E-state index is 0.202. The van der Waals surface area contributed by atoms with Crippen LogP contribution >= 0.6 is 0 Å². The summed E-state index contributed by atoms with van der Waals surface area (Å²) in [5, 5.41) is 11.7. The lowest BCUT2D eigenvalue weighted by Gasteiger charge is -2.53. The molecule has 156 valence electrons. The van der Waals surface area contributed by atoms with Gasteiger partial charge in [-0.25, -0.2) is 0 Å². The SMILES string of the molecule is CC#C[C@]1(O)CCC2C3CCC4=CC(=O)CCC4=C3[C@@H](c3ccc(C)cc3)C[C@@]21C. The summed E-state index contributed by atoms with van der Waals surface area (Å²) in [6, 6.07) is 8.97. The van der Waals surface area contributed by atoms with Gasteiger partial charge in [-0.15, -0.1) is 5.92 Å². The van der Waals surface area contributed by atoms with Gasteiger partial charge in [0.1, 0.15) is 5.60 Å². The molecule has 1 N–H and O–H groups in total. The van der Waals surface area contributed by atoms with E-state index in [1.807, 2.05) is 13.0 Å². The smallest absolute Gasteiger partial charge is 0.156 e. The highest BCUT2D eigenvalue weighted by Crippen LogP contribution is 2.66. The van der Waals surface area contributed by atoms with Gasteiger partial charge in [-0.2, -0.15) is 0 Å². The predicted molar refractivity (Wildman–Crippen MR) is 120 cm³/mol. The van der Waals surface area contributed by atoms with Crippen molar-refractivity contribution >= 4 is 5.78 Å². The summed E-state index contributed by atoms with van der Waals surface area (Å²) < 4.78 is 0. The Morgan fingerprint density at radius 1 is 1.10 bits per heavy atom. The third kappa shape index (κ3) is 2.78. The highest BCUT2D eigenvalue weighted by atomic mass is 16.3. The molecule has 0 saturated heterocycles. The molecule has 0 aliphatic heterocycles. The van der Waals surface area contributed by atoms with Crippen molar-refractivity contribution in [2.75, 3.05) is 0 Å². The van der Waals surface area contributed by atoms with E-state index in [4.69, 9.17) is 0 Å². The summed E-state index contributed by atoms with van der Waals surface area (Å²) >= 11 is 0. The van der Waals surface area contributed by atoms with E-state index in [0.717, 1.165) is 38.5 Å². The lowest BCUT2D eigenvalue weighted by molar-refractivity contribution is -0.114. The molecule has 2 unspecified atom stereocenters. The van der Waals surface area contributed by atoms with Crippen LogP contribution in [0.4, 0.5) is 0 Å². The first-order valence-corrected chi connectivity index (χ1v) is 11.6. The van der Waals surface area contributed by atoms with Crippen molar-refractivity contribution < 1.29 is 9.90 Å². The van der Waals surface area contributed by atoms with Crippen LogP contribution in [0.15, 0.2) is 47.1 Å². The summed E-state index contributed by atoms with van der Waals surface area (Å²) in [5.41, 5.74) is 5.87. The third-order valence-electron chi connectivity index (χ3n) is 8.70. The van der Waals surface area contributed by atoms with Gasteiger partial charge in [0.25, 0.3) is 0 Å². The lowest BCUT2D eigenvalue weighted by Crippen LogP contribution is -2.51. The number of hydrogen-bond acceptors (Lipinski definition) is 2. The maximum atomic E-state index is 12.1.